The summed E-state index contributed by atoms with van der Waals surface area (Å²) in [5.41, 5.74) is 3.37. The molecular weight excluding hydrogens is 317 g/mol. The molecule has 0 atom stereocenters. The predicted molar refractivity (Wildman–Crippen MR) is 97.8 cm³/mol. The van der Waals surface area contributed by atoms with Crippen LogP contribution in [0.5, 0.6) is 0 Å². The van der Waals surface area contributed by atoms with E-state index in [0.717, 1.165) is 23.1 Å². The third kappa shape index (κ3) is 3.93. The number of benzene rings is 3. The predicted octanol–water partition coefficient (Wildman–Crippen LogP) is 5.55. The first kappa shape index (κ1) is 16.5. The summed E-state index contributed by atoms with van der Waals surface area (Å²) < 4.78 is 13.3. The number of hydrogen-bond donors (Lipinski definition) is 1. The van der Waals surface area contributed by atoms with Crippen LogP contribution >= 0.6 is 0 Å². The first-order valence-corrected chi connectivity index (χ1v) is 7.76. The van der Waals surface area contributed by atoms with Crippen molar-refractivity contribution in [3.8, 4) is 0 Å². The fraction of sp³-hybridized carbons (Fsp3) is 0. The van der Waals surface area contributed by atoms with Gasteiger partial charge in [-0.2, -0.15) is 4.39 Å². The van der Waals surface area contributed by atoms with Crippen LogP contribution in [0.2, 0.25) is 0 Å². The van der Waals surface area contributed by atoms with Gasteiger partial charge in [0.1, 0.15) is 0 Å². The maximum atomic E-state index is 13.3. The lowest BCUT2D eigenvalue weighted by molar-refractivity contribution is -0.134. The summed E-state index contributed by atoms with van der Waals surface area (Å²) in [4.78, 5) is 12.7. The maximum Gasteiger partial charge on any atom is 0.364 e. The van der Waals surface area contributed by atoms with Crippen molar-refractivity contribution in [3.63, 3.8) is 0 Å². The number of carbonyl (C=O) groups is 1. The molecule has 0 fully saturated rings. The van der Waals surface area contributed by atoms with Crippen LogP contribution in [0.1, 0.15) is 5.56 Å². The average molecular weight is 333 g/mol. The van der Waals surface area contributed by atoms with Crippen LogP contribution in [0, 0.1) is 0 Å². The Morgan fingerprint density at radius 2 is 1.20 bits per heavy atom. The van der Waals surface area contributed by atoms with Gasteiger partial charge in [-0.1, -0.05) is 48.5 Å². The van der Waals surface area contributed by atoms with Gasteiger partial charge in [-0.15, -0.1) is 0 Å². The van der Waals surface area contributed by atoms with Gasteiger partial charge in [0.15, 0.2) is 0 Å². The third-order valence-corrected chi connectivity index (χ3v) is 3.68. The molecule has 4 heteroatoms. The molecule has 25 heavy (non-hydrogen) atoms. The Bertz CT molecular complexity index is 835. The van der Waals surface area contributed by atoms with E-state index in [1.165, 1.54) is 0 Å². The van der Waals surface area contributed by atoms with E-state index in [0.29, 0.717) is 5.56 Å². The first-order valence-electron chi connectivity index (χ1n) is 7.76. The molecule has 0 heterocycles. The largest absolute Gasteiger partial charge is 0.476 e. The van der Waals surface area contributed by atoms with Crippen molar-refractivity contribution in [2.75, 3.05) is 4.90 Å². The van der Waals surface area contributed by atoms with Crippen LogP contribution in [-0.4, -0.2) is 11.1 Å². The molecule has 0 unspecified atom stereocenters. The highest BCUT2D eigenvalue weighted by atomic mass is 19.1. The summed E-state index contributed by atoms with van der Waals surface area (Å²) in [5.74, 6) is -2.75. The van der Waals surface area contributed by atoms with E-state index in [9.17, 15) is 9.18 Å². The van der Waals surface area contributed by atoms with Gasteiger partial charge in [-0.05, 0) is 48.0 Å². The Labute approximate surface area is 145 Å². The zero-order valence-electron chi connectivity index (χ0n) is 13.3. The van der Waals surface area contributed by atoms with E-state index in [2.05, 4.69) is 4.90 Å². The van der Waals surface area contributed by atoms with Gasteiger partial charge >= 0.3 is 5.97 Å². The van der Waals surface area contributed by atoms with Crippen molar-refractivity contribution in [1.29, 1.82) is 0 Å². The first-order chi connectivity index (χ1) is 12.1. The van der Waals surface area contributed by atoms with Crippen molar-refractivity contribution in [2.24, 2.45) is 0 Å². The molecule has 124 valence electrons. The molecule has 0 bridgehead atoms. The number of rotatable bonds is 5. The summed E-state index contributed by atoms with van der Waals surface area (Å²) in [6.45, 7) is 0. The van der Waals surface area contributed by atoms with Gasteiger partial charge in [0, 0.05) is 17.1 Å². The molecule has 3 rings (SSSR count). The Kier molecular flexibility index (Phi) is 4.90. The second-order valence-electron chi connectivity index (χ2n) is 5.40. The molecule has 0 radical (unpaired) electrons. The minimum Gasteiger partial charge on any atom is -0.476 e. The Morgan fingerprint density at radius 3 is 1.64 bits per heavy atom. The molecule has 3 aromatic rings. The van der Waals surface area contributed by atoms with E-state index in [1.54, 1.807) is 12.1 Å². The summed E-state index contributed by atoms with van der Waals surface area (Å²) in [6.07, 6.45) is 1.00. The van der Waals surface area contributed by atoms with Crippen LogP contribution in [0.3, 0.4) is 0 Å². The normalized spacial score (nSPS) is 11.2. The number of para-hydroxylation sites is 2. The highest BCUT2D eigenvalue weighted by Gasteiger charge is 2.11. The van der Waals surface area contributed by atoms with Crippen molar-refractivity contribution >= 4 is 29.1 Å². The monoisotopic (exact) mass is 333 g/mol. The number of nitrogens with zero attached hydrogens (tertiary/aromatic N) is 1. The summed E-state index contributed by atoms with van der Waals surface area (Å²) in [5, 5.41) is 8.63. The molecule has 0 aliphatic rings. The van der Waals surface area contributed by atoms with Gasteiger partial charge in [-0.3, -0.25) is 0 Å². The molecule has 3 aromatic carbocycles. The van der Waals surface area contributed by atoms with Crippen LogP contribution in [0.15, 0.2) is 90.8 Å². The van der Waals surface area contributed by atoms with Gasteiger partial charge in [0.05, 0.1) is 0 Å². The van der Waals surface area contributed by atoms with Crippen LogP contribution in [0.25, 0.3) is 6.08 Å². The molecule has 0 spiro atoms. The second-order valence-corrected chi connectivity index (χ2v) is 5.40. The number of aliphatic carboxylic acids is 1. The lowest BCUT2D eigenvalue weighted by Crippen LogP contribution is -2.09. The van der Waals surface area contributed by atoms with E-state index in [-0.39, 0.29) is 0 Å². The fourth-order valence-corrected chi connectivity index (χ4v) is 2.53. The summed E-state index contributed by atoms with van der Waals surface area (Å²) in [6, 6.07) is 26.8. The van der Waals surface area contributed by atoms with E-state index in [4.69, 9.17) is 5.11 Å². The Balaban J connectivity index is 2.00. The lowest BCUT2D eigenvalue weighted by Gasteiger charge is -2.25. The standard InChI is InChI=1S/C21H16FNO2/c22-20(21(24)25)15-16-11-13-19(14-12-16)23(17-7-3-1-4-8-17)18-9-5-2-6-10-18/h1-15H,(H,24,25)/b20-15-. The zero-order chi connectivity index (χ0) is 17.6. The van der Waals surface area contributed by atoms with Crippen LogP contribution < -0.4 is 4.90 Å². The molecular formula is C21H16FNO2. The molecule has 0 saturated heterocycles. The van der Waals surface area contributed by atoms with Crippen LogP contribution in [0.4, 0.5) is 21.5 Å². The quantitative estimate of drug-likeness (QED) is 0.622. The zero-order valence-corrected chi connectivity index (χ0v) is 13.3. The van der Waals surface area contributed by atoms with Gasteiger partial charge in [0.2, 0.25) is 5.83 Å². The molecule has 1 N–H and O–H groups in total. The Hall–Kier alpha value is -3.40. The van der Waals surface area contributed by atoms with E-state index < -0.39 is 11.8 Å². The number of halogens is 1. The summed E-state index contributed by atoms with van der Waals surface area (Å²) in [7, 11) is 0. The number of carboxylic acid groups (broad SMARTS) is 1. The maximum absolute atomic E-state index is 13.3. The molecule has 3 nitrogen and oxygen atoms in total. The van der Waals surface area contributed by atoms with Crippen molar-refractivity contribution in [1.82, 2.24) is 0 Å². The SMILES string of the molecule is O=C(O)/C(F)=C/c1ccc(N(c2ccccc2)c2ccccc2)cc1. The lowest BCUT2D eigenvalue weighted by atomic mass is 10.1. The second kappa shape index (κ2) is 7.45. The fourth-order valence-electron chi connectivity index (χ4n) is 2.53. The minimum atomic E-state index is -1.57. The molecule has 0 aliphatic carbocycles. The molecule has 0 aliphatic heterocycles. The smallest absolute Gasteiger partial charge is 0.364 e. The molecule has 0 amide bonds. The van der Waals surface area contributed by atoms with Crippen molar-refractivity contribution in [2.45, 2.75) is 0 Å². The summed E-state index contributed by atoms with van der Waals surface area (Å²) >= 11 is 0. The molecule has 0 aromatic heterocycles. The Morgan fingerprint density at radius 1 is 0.760 bits per heavy atom. The molecule has 0 saturated carbocycles. The van der Waals surface area contributed by atoms with Crippen molar-refractivity contribution in [3.05, 3.63) is 96.3 Å². The highest BCUT2D eigenvalue weighted by molar-refractivity contribution is 5.89. The van der Waals surface area contributed by atoms with Gasteiger partial charge < -0.3 is 10.0 Å². The highest BCUT2D eigenvalue weighted by Crippen LogP contribution is 2.34. The van der Waals surface area contributed by atoms with Crippen LogP contribution in [-0.2, 0) is 4.79 Å². The third-order valence-electron chi connectivity index (χ3n) is 3.68. The number of hydrogen-bond acceptors (Lipinski definition) is 2. The average Bonchev–Trinajstić information content (AvgIpc) is 2.65. The van der Waals surface area contributed by atoms with E-state index >= 15 is 0 Å². The topological polar surface area (TPSA) is 40.5 Å². The van der Waals surface area contributed by atoms with Gasteiger partial charge in [0.25, 0.3) is 0 Å². The van der Waals surface area contributed by atoms with Gasteiger partial charge in [-0.25, -0.2) is 4.79 Å². The number of anilines is 3. The minimum absolute atomic E-state index is 0.490. The van der Waals surface area contributed by atoms with E-state index in [1.807, 2.05) is 72.8 Å². The number of carboxylic acids is 1. The van der Waals surface area contributed by atoms with Crippen molar-refractivity contribution < 1.29 is 14.3 Å².